The molecule has 7 nitrogen and oxygen atoms in total. The molecule has 2 aliphatic rings. The van der Waals surface area contributed by atoms with Gasteiger partial charge in [-0.25, -0.2) is 0 Å². The van der Waals surface area contributed by atoms with Crippen molar-refractivity contribution in [2.75, 3.05) is 13.2 Å². The van der Waals surface area contributed by atoms with Gasteiger partial charge >= 0.3 is 0 Å². The second-order valence-electron chi connectivity index (χ2n) is 7.03. The highest BCUT2D eigenvalue weighted by Crippen LogP contribution is 2.31. The lowest BCUT2D eigenvalue weighted by Gasteiger charge is -2.27. The lowest BCUT2D eigenvalue weighted by Crippen LogP contribution is -2.47. The van der Waals surface area contributed by atoms with Crippen molar-refractivity contribution in [1.29, 1.82) is 0 Å². The molecule has 0 bridgehead atoms. The van der Waals surface area contributed by atoms with Crippen molar-refractivity contribution >= 4 is 18.3 Å². The molecule has 3 N–H and O–H groups in total. The fourth-order valence-electron chi connectivity index (χ4n) is 3.61. The quantitative estimate of drug-likeness (QED) is 0.822. The van der Waals surface area contributed by atoms with Crippen molar-refractivity contribution in [3.05, 3.63) is 11.7 Å². The smallest absolute Gasteiger partial charge is 0.248 e. The molecular weight excluding hydrogens is 344 g/mol. The third kappa shape index (κ3) is 5.15. The number of nitrogens with two attached hydrogens (primary N) is 1. The topological polar surface area (TPSA) is 103 Å². The van der Waals surface area contributed by atoms with Crippen LogP contribution in [0, 0.1) is 5.92 Å². The van der Waals surface area contributed by atoms with E-state index in [1.165, 1.54) is 19.3 Å². The average molecular weight is 373 g/mol. The van der Waals surface area contributed by atoms with E-state index in [0.29, 0.717) is 25.0 Å². The van der Waals surface area contributed by atoms with E-state index in [2.05, 4.69) is 15.5 Å². The van der Waals surface area contributed by atoms with Gasteiger partial charge in [0.2, 0.25) is 11.8 Å². The van der Waals surface area contributed by atoms with Gasteiger partial charge in [-0.15, -0.1) is 12.4 Å². The van der Waals surface area contributed by atoms with E-state index in [4.69, 9.17) is 15.0 Å². The highest BCUT2D eigenvalue weighted by molar-refractivity contribution is 5.85. The number of nitrogens with zero attached hydrogens (tertiary/aromatic N) is 2. The zero-order valence-corrected chi connectivity index (χ0v) is 15.6. The SMILES string of the molecule is CC(NC(=O)C(N)C1CCOCC1)c1nc(C2CCCCC2)no1.Cl. The van der Waals surface area contributed by atoms with Crippen molar-refractivity contribution < 1.29 is 14.1 Å². The molecule has 1 aromatic heterocycles. The second-order valence-corrected chi connectivity index (χ2v) is 7.03. The predicted octanol–water partition coefficient (Wildman–Crippen LogP) is 2.47. The molecule has 8 heteroatoms. The first-order valence-electron chi connectivity index (χ1n) is 9.12. The minimum atomic E-state index is -0.517. The summed E-state index contributed by atoms with van der Waals surface area (Å²) >= 11 is 0. The zero-order chi connectivity index (χ0) is 16.9. The minimum absolute atomic E-state index is 0. The fraction of sp³-hybridized carbons (Fsp3) is 0.824. The second kappa shape index (κ2) is 9.50. The van der Waals surface area contributed by atoms with Crippen molar-refractivity contribution in [2.45, 2.75) is 69.9 Å². The number of rotatable bonds is 5. The molecule has 2 atom stereocenters. The third-order valence-corrected chi connectivity index (χ3v) is 5.23. The summed E-state index contributed by atoms with van der Waals surface area (Å²) in [4.78, 5) is 16.9. The lowest BCUT2D eigenvalue weighted by molar-refractivity contribution is -0.125. The highest BCUT2D eigenvalue weighted by atomic mass is 35.5. The van der Waals surface area contributed by atoms with Crippen LogP contribution in [0.15, 0.2) is 4.52 Å². The summed E-state index contributed by atoms with van der Waals surface area (Å²) in [6.07, 6.45) is 7.63. The van der Waals surface area contributed by atoms with Gasteiger partial charge in [0, 0.05) is 19.1 Å². The molecule has 2 heterocycles. The Kier molecular flexibility index (Phi) is 7.65. The number of aromatic nitrogens is 2. The number of amides is 1. The molecule has 1 amide bonds. The van der Waals surface area contributed by atoms with Crippen LogP contribution in [0.3, 0.4) is 0 Å². The maximum absolute atomic E-state index is 12.4. The van der Waals surface area contributed by atoms with Gasteiger partial charge in [-0.2, -0.15) is 4.98 Å². The Morgan fingerprint density at radius 3 is 2.56 bits per heavy atom. The number of carbonyl (C=O) groups excluding carboxylic acids is 1. The Bertz CT molecular complexity index is 542. The Morgan fingerprint density at radius 2 is 1.88 bits per heavy atom. The summed E-state index contributed by atoms with van der Waals surface area (Å²) in [6, 6.07) is -0.842. The van der Waals surface area contributed by atoms with Crippen LogP contribution in [0.5, 0.6) is 0 Å². The predicted molar refractivity (Wildman–Crippen MR) is 95.4 cm³/mol. The van der Waals surface area contributed by atoms with E-state index in [0.717, 1.165) is 31.5 Å². The molecule has 1 aliphatic heterocycles. The van der Waals surface area contributed by atoms with E-state index < -0.39 is 6.04 Å². The monoisotopic (exact) mass is 372 g/mol. The first-order chi connectivity index (χ1) is 11.6. The molecule has 2 unspecified atom stereocenters. The number of hydrogen-bond donors (Lipinski definition) is 2. The molecule has 2 fully saturated rings. The van der Waals surface area contributed by atoms with Crippen molar-refractivity contribution in [2.24, 2.45) is 11.7 Å². The molecular formula is C17H29ClN4O3. The standard InChI is InChI=1S/C17H28N4O3.ClH/c1-11(19-16(22)14(18)12-7-9-23-10-8-12)17-20-15(21-24-17)13-5-3-2-4-6-13;/h11-14H,2-10,18H2,1H3,(H,19,22);1H. The molecule has 1 saturated heterocycles. The highest BCUT2D eigenvalue weighted by Gasteiger charge is 2.29. The normalized spacial score (nSPS) is 22.0. The van der Waals surface area contributed by atoms with Crippen molar-refractivity contribution in [3.8, 4) is 0 Å². The van der Waals surface area contributed by atoms with Gasteiger partial charge in [-0.05, 0) is 38.5 Å². The van der Waals surface area contributed by atoms with Gasteiger partial charge < -0.3 is 20.3 Å². The summed E-state index contributed by atoms with van der Waals surface area (Å²) < 4.78 is 10.7. The van der Waals surface area contributed by atoms with E-state index >= 15 is 0 Å². The van der Waals surface area contributed by atoms with Crippen molar-refractivity contribution in [3.63, 3.8) is 0 Å². The fourth-order valence-corrected chi connectivity index (χ4v) is 3.61. The molecule has 3 rings (SSSR count). The maximum Gasteiger partial charge on any atom is 0.248 e. The van der Waals surface area contributed by atoms with Crippen molar-refractivity contribution in [1.82, 2.24) is 15.5 Å². The average Bonchev–Trinajstić information content (AvgIpc) is 3.13. The summed E-state index contributed by atoms with van der Waals surface area (Å²) in [6.45, 7) is 3.21. The molecule has 1 saturated carbocycles. The van der Waals surface area contributed by atoms with Gasteiger partial charge in [-0.3, -0.25) is 4.79 Å². The van der Waals surface area contributed by atoms with E-state index in [1.807, 2.05) is 6.92 Å². The van der Waals surface area contributed by atoms with E-state index in [-0.39, 0.29) is 30.3 Å². The van der Waals surface area contributed by atoms with Crippen LogP contribution in [0.2, 0.25) is 0 Å². The van der Waals surface area contributed by atoms with Crippen LogP contribution < -0.4 is 11.1 Å². The van der Waals surface area contributed by atoms with E-state index in [9.17, 15) is 4.79 Å². The molecule has 1 aromatic rings. The Morgan fingerprint density at radius 1 is 1.20 bits per heavy atom. The Balaban J connectivity index is 0.00000225. The van der Waals surface area contributed by atoms with Gasteiger partial charge in [0.05, 0.1) is 6.04 Å². The third-order valence-electron chi connectivity index (χ3n) is 5.23. The van der Waals surface area contributed by atoms with Crippen LogP contribution in [-0.4, -0.2) is 35.3 Å². The molecule has 1 aliphatic carbocycles. The molecule has 142 valence electrons. The summed E-state index contributed by atoms with van der Waals surface area (Å²) in [7, 11) is 0. The van der Waals surface area contributed by atoms with E-state index in [1.54, 1.807) is 0 Å². The van der Waals surface area contributed by atoms with Crippen LogP contribution in [0.25, 0.3) is 0 Å². The maximum atomic E-state index is 12.4. The summed E-state index contributed by atoms with van der Waals surface area (Å²) in [5.74, 6) is 1.64. The van der Waals surface area contributed by atoms with Gasteiger partial charge in [0.15, 0.2) is 5.82 Å². The Labute approximate surface area is 154 Å². The van der Waals surface area contributed by atoms with Gasteiger partial charge in [-0.1, -0.05) is 24.4 Å². The van der Waals surface area contributed by atoms with Crippen LogP contribution in [-0.2, 0) is 9.53 Å². The Hall–Kier alpha value is -1.18. The number of ether oxygens (including phenoxy) is 1. The molecule has 0 radical (unpaired) electrons. The molecule has 0 spiro atoms. The lowest BCUT2D eigenvalue weighted by atomic mass is 9.89. The van der Waals surface area contributed by atoms with Crippen LogP contribution >= 0.6 is 12.4 Å². The summed E-state index contributed by atoms with van der Waals surface area (Å²) in [5, 5.41) is 7.03. The largest absolute Gasteiger partial charge is 0.381 e. The number of halogens is 1. The van der Waals surface area contributed by atoms with Crippen LogP contribution in [0.4, 0.5) is 0 Å². The number of carbonyl (C=O) groups is 1. The van der Waals surface area contributed by atoms with Gasteiger partial charge in [0.25, 0.3) is 0 Å². The first-order valence-corrected chi connectivity index (χ1v) is 9.12. The zero-order valence-electron chi connectivity index (χ0n) is 14.8. The minimum Gasteiger partial charge on any atom is -0.381 e. The van der Waals surface area contributed by atoms with Crippen LogP contribution in [0.1, 0.15) is 75.5 Å². The first kappa shape index (κ1) is 20.1. The number of hydrogen-bond acceptors (Lipinski definition) is 6. The summed E-state index contributed by atoms with van der Waals surface area (Å²) in [5.41, 5.74) is 6.11. The molecule has 0 aromatic carbocycles. The van der Waals surface area contributed by atoms with Gasteiger partial charge in [0.1, 0.15) is 6.04 Å². The molecule has 25 heavy (non-hydrogen) atoms. The number of nitrogens with one attached hydrogen (secondary N) is 1.